The van der Waals surface area contributed by atoms with E-state index in [1.165, 1.54) is 23.5 Å². The number of carbonyl (C=O) groups is 2. The second kappa shape index (κ2) is 9.06. The third kappa shape index (κ3) is 4.56. The van der Waals surface area contributed by atoms with Crippen molar-refractivity contribution in [2.24, 2.45) is 0 Å². The summed E-state index contributed by atoms with van der Waals surface area (Å²) in [5.41, 5.74) is 1.68. The standard InChI is InChI=1S/C24H26FN3O2S/c1-17(2)28(22(29)15-20-8-5-13-31-20)16-23(30)27-12-11-26-10-4-9-21(26)24(27)18-6-3-7-19(25)14-18/h3-10,13-14,17,24H,11-12,15-16H2,1-2H3. The molecule has 1 aliphatic rings. The summed E-state index contributed by atoms with van der Waals surface area (Å²) in [6.07, 6.45) is 2.27. The molecule has 3 aromatic rings. The molecule has 0 bridgehead atoms. The molecule has 2 amide bonds. The topological polar surface area (TPSA) is 45.6 Å². The average Bonchev–Trinajstić information content (AvgIpc) is 3.42. The molecule has 1 aromatic carbocycles. The maximum atomic E-state index is 14.0. The van der Waals surface area contributed by atoms with E-state index in [1.807, 2.05) is 55.8 Å². The number of fused-ring (bicyclic) bond motifs is 1. The zero-order valence-corrected chi connectivity index (χ0v) is 18.5. The van der Waals surface area contributed by atoms with E-state index in [1.54, 1.807) is 15.9 Å². The van der Waals surface area contributed by atoms with Crippen LogP contribution in [-0.4, -0.2) is 45.3 Å². The zero-order chi connectivity index (χ0) is 22.0. The average molecular weight is 440 g/mol. The second-order valence-electron chi connectivity index (χ2n) is 8.04. The van der Waals surface area contributed by atoms with Crippen LogP contribution >= 0.6 is 11.3 Å². The summed E-state index contributed by atoms with van der Waals surface area (Å²) in [6.45, 7) is 5.03. The van der Waals surface area contributed by atoms with Crippen LogP contribution in [0.5, 0.6) is 0 Å². The quantitative estimate of drug-likeness (QED) is 0.581. The predicted molar refractivity (Wildman–Crippen MR) is 119 cm³/mol. The fourth-order valence-corrected chi connectivity index (χ4v) is 4.83. The summed E-state index contributed by atoms with van der Waals surface area (Å²) in [6, 6.07) is 13.7. The number of amides is 2. The largest absolute Gasteiger partial charge is 0.348 e. The highest BCUT2D eigenvalue weighted by Crippen LogP contribution is 2.33. The Kier molecular flexibility index (Phi) is 6.23. The molecule has 3 heterocycles. The zero-order valence-electron chi connectivity index (χ0n) is 17.7. The molecule has 4 rings (SSSR count). The van der Waals surface area contributed by atoms with E-state index in [-0.39, 0.29) is 36.3 Å². The van der Waals surface area contributed by atoms with Gasteiger partial charge >= 0.3 is 0 Å². The van der Waals surface area contributed by atoms with Gasteiger partial charge in [0.15, 0.2) is 0 Å². The summed E-state index contributed by atoms with van der Waals surface area (Å²) >= 11 is 1.54. The van der Waals surface area contributed by atoms with E-state index in [9.17, 15) is 14.0 Å². The fraction of sp³-hybridized carbons (Fsp3) is 0.333. The number of nitrogens with zero attached hydrogens (tertiary/aromatic N) is 3. The number of hydrogen-bond acceptors (Lipinski definition) is 3. The van der Waals surface area contributed by atoms with Crippen LogP contribution < -0.4 is 0 Å². The highest BCUT2D eigenvalue weighted by molar-refractivity contribution is 7.10. The van der Waals surface area contributed by atoms with Crippen LogP contribution in [0.2, 0.25) is 0 Å². The first kappa shape index (κ1) is 21.3. The third-order valence-corrected chi connectivity index (χ3v) is 6.55. The summed E-state index contributed by atoms with van der Waals surface area (Å²) in [5.74, 6) is -0.521. The summed E-state index contributed by atoms with van der Waals surface area (Å²) in [5, 5.41) is 1.94. The minimum atomic E-state index is -0.381. The van der Waals surface area contributed by atoms with Crippen molar-refractivity contribution in [3.8, 4) is 0 Å². The SMILES string of the molecule is CC(C)N(CC(=O)N1CCn2cccc2C1c1cccc(F)c1)C(=O)Cc1cccs1. The van der Waals surface area contributed by atoms with Gasteiger partial charge in [0.25, 0.3) is 0 Å². The van der Waals surface area contributed by atoms with Crippen LogP contribution in [0.25, 0.3) is 0 Å². The van der Waals surface area contributed by atoms with Crippen LogP contribution in [0.15, 0.2) is 60.1 Å². The molecule has 0 N–H and O–H groups in total. The van der Waals surface area contributed by atoms with Crippen molar-refractivity contribution >= 4 is 23.2 Å². The van der Waals surface area contributed by atoms with Gasteiger partial charge in [-0.3, -0.25) is 9.59 Å². The van der Waals surface area contributed by atoms with Gasteiger partial charge in [-0.05, 0) is 55.1 Å². The molecule has 7 heteroatoms. The van der Waals surface area contributed by atoms with E-state index in [0.717, 1.165) is 16.1 Å². The monoisotopic (exact) mass is 439 g/mol. The number of carbonyl (C=O) groups excluding carboxylic acids is 2. The molecule has 0 fully saturated rings. The van der Waals surface area contributed by atoms with Gasteiger partial charge < -0.3 is 14.4 Å². The van der Waals surface area contributed by atoms with Gasteiger partial charge in [-0.25, -0.2) is 4.39 Å². The molecule has 1 unspecified atom stereocenters. The van der Waals surface area contributed by atoms with E-state index < -0.39 is 0 Å². The highest BCUT2D eigenvalue weighted by atomic mass is 32.1. The molecular formula is C24H26FN3O2S. The normalized spacial score (nSPS) is 15.7. The van der Waals surface area contributed by atoms with Crippen molar-refractivity contribution in [1.29, 1.82) is 0 Å². The smallest absolute Gasteiger partial charge is 0.243 e. The lowest BCUT2D eigenvalue weighted by Gasteiger charge is -2.39. The molecule has 0 saturated heterocycles. The number of thiophene rings is 1. The Hall–Kier alpha value is -2.93. The number of benzene rings is 1. The van der Waals surface area contributed by atoms with Crippen LogP contribution in [-0.2, 0) is 22.6 Å². The molecule has 0 radical (unpaired) electrons. The van der Waals surface area contributed by atoms with Gasteiger partial charge in [0.2, 0.25) is 11.8 Å². The first-order valence-electron chi connectivity index (χ1n) is 10.5. The lowest BCUT2D eigenvalue weighted by Crippen LogP contribution is -2.49. The Morgan fingerprint density at radius 2 is 2.00 bits per heavy atom. The number of halogens is 1. The van der Waals surface area contributed by atoms with Gasteiger partial charge in [0.1, 0.15) is 12.4 Å². The summed E-state index contributed by atoms with van der Waals surface area (Å²) in [4.78, 5) is 30.8. The van der Waals surface area contributed by atoms with E-state index in [4.69, 9.17) is 0 Å². The number of hydrogen-bond donors (Lipinski definition) is 0. The first-order chi connectivity index (χ1) is 14.9. The lowest BCUT2D eigenvalue weighted by atomic mass is 9.99. The molecule has 31 heavy (non-hydrogen) atoms. The molecule has 0 spiro atoms. The molecule has 2 aromatic heterocycles. The van der Waals surface area contributed by atoms with Crippen molar-refractivity contribution in [3.05, 3.63) is 82.1 Å². The Labute approximate surface area is 185 Å². The molecule has 5 nitrogen and oxygen atoms in total. The van der Waals surface area contributed by atoms with Gasteiger partial charge in [-0.2, -0.15) is 0 Å². The molecule has 0 saturated carbocycles. The minimum absolute atomic E-state index is 0.00833. The summed E-state index contributed by atoms with van der Waals surface area (Å²) < 4.78 is 16.1. The molecule has 162 valence electrons. The Bertz CT molecular complexity index is 1060. The Morgan fingerprint density at radius 3 is 2.71 bits per heavy atom. The second-order valence-corrected chi connectivity index (χ2v) is 9.07. The minimum Gasteiger partial charge on any atom is -0.348 e. The molecule has 1 aliphatic heterocycles. The van der Waals surface area contributed by atoms with Crippen LogP contribution in [0.1, 0.15) is 36.0 Å². The summed E-state index contributed by atoms with van der Waals surface area (Å²) in [7, 11) is 0. The fourth-order valence-electron chi connectivity index (χ4n) is 4.14. The molecule has 0 aliphatic carbocycles. The van der Waals surface area contributed by atoms with E-state index in [2.05, 4.69) is 4.57 Å². The van der Waals surface area contributed by atoms with Crippen molar-refractivity contribution in [2.75, 3.05) is 13.1 Å². The van der Waals surface area contributed by atoms with Gasteiger partial charge in [0.05, 0.1) is 12.5 Å². The van der Waals surface area contributed by atoms with E-state index in [0.29, 0.717) is 19.5 Å². The number of rotatable bonds is 6. The Morgan fingerprint density at radius 1 is 1.16 bits per heavy atom. The van der Waals surface area contributed by atoms with Crippen LogP contribution in [0.3, 0.4) is 0 Å². The number of aromatic nitrogens is 1. The van der Waals surface area contributed by atoms with Gasteiger partial charge in [-0.1, -0.05) is 18.2 Å². The lowest BCUT2D eigenvalue weighted by molar-refractivity contribution is -0.143. The van der Waals surface area contributed by atoms with Crippen molar-refractivity contribution in [2.45, 2.75) is 38.9 Å². The van der Waals surface area contributed by atoms with Gasteiger partial charge in [0, 0.05) is 35.9 Å². The van der Waals surface area contributed by atoms with Crippen molar-refractivity contribution in [3.63, 3.8) is 0 Å². The van der Waals surface area contributed by atoms with E-state index >= 15 is 0 Å². The third-order valence-electron chi connectivity index (χ3n) is 5.68. The maximum absolute atomic E-state index is 14.0. The van der Waals surface area contributed by atoms with Crippen LogP contribution in [0.4, 0.5) is 4.39 Å². The maximum Gasteiger partial charge on any atom is 0.243 e. The highest BCUT2D eigenvalue weighted by Gasteiger charge is 2.34. The first-order valence-corrected chi connectivity index (χ1v) is 11.3. The predicted octanol–water partition coefficient (Wildman–Crippen LogP) is 4.10. The van der Waals surface area contributed by atoms with Gasteiger partial charge in [-0.15, -0.1) is 11.3 Å². The van der Waals surface area contributed by atoms with Crippen LogP contribution in [0, 0.1) is 5.82 Å². The Balaban J connectivity index is 1.58. The molecular weight excluding hydrogens is 413 g/mol. The van der Waals surface area contributed by atoms with Crippen molar-refractivity contribution in [1.82, 2.24) is 14.4 Å². The van der Waals surface area contributed by atoms with Crippen molar-refractivity contribution < 1.29 is 14.0 Å². The molecule has 1 atom stereocenters.